The molecule has 0 aliphatic heterocycles. The van der Waals surface area contributed by atoms with Gasteiger partial charge in [-0.3, -0.25) is 4.98 Å². The van der Waals surface area contributed by atoms with Crippen molar-refractivity contribution < 1.29 is 4.74 Å². The molecule has 100 valence electrons. The van der Waals surface area contributed by atoms with Gasteiger partial charge >= 0.3 is 0 Å². The molecular weight excluding hydrogens is 236 g/mol. The third kappa shape index (κ3) is 3.04. The first-order valence-electron chi connectivity index (χ1n) is 7.13. The van der Waals surface area contributed by atoms with Gasteiger partial charge in [-0.1, -0.05) is 31.0 Å². The number of hydrogen-bond acceptors (Lipinski definition) is 3. The Hall–Kier alpha value is -1.61. The quantitative estimate of drug-likeness (QED) is 0.834. The predicted molar refractivity (Wildman–Crippen MR) is 77.5 cm³/mol. The van der Waals surface area contributed by atoms with Gasteiger partial charge in [0.1, 0.15) is 17.9 Å². The highest BCUT2D eigenvalue weighted by atomic mass is 16.5. The second-order valence-electron chi connectivity index (χ2n) is 5.12. The Labute approximate surface area is 114 Å². The summed E-state index contributed by atoms with van der Waals surface area (Å²) < 4.78 is 5.85. The van der Waals surface area contributed by atoms with Crippen LogP contribution in [0.1, 0.15) is 25.7 Å². The highest BCUT2D eigenvalue weighted by Gasteiger charge is 2.13. The van der Waals surface area contributed by atoms with Gasteiger partial charge in [-0.15, -0.1) is 0 Å². The molecule has 1 fully saturated rings. The Balaban J connectivity index is 1.56. The highest BCUT2D eigenvalue weighted by molar-refractivity contribution is 5.84. The van der Waals surface area contributed by atoms with E-state index in [9.17, 15) is 0 Å². The Morgan fingerprint density at radius 2 is 2.00 bits per heavy atom. The van der Waals surface area contributed by atoms with E-state index in [4.69, 9.17) is 4.74 Å². The summed E-state index contributed by atoms with van der Waals surface area (Å²) in [6.45, 7) is 1.61. The number of benzene rings is 1. The van der Waals surface area contributed by atoms with Crippen molar-refractivity contribution in [3.05, 3.63) is 36.5 Å². The Kier molecular flexibility index (Phi) is 3.94. The smallest absolute Gasteiger partial charge is 0.145 e. The van der Waals surface area contributed by atoms with E-state index >= 15 is 0 Å². The summed E-state index contributed by atoms with van der Waals surface area (Å²) in [7, 11) is 0. The van der Waals surface area contributed by atoms with E-state index in [-0.39, 0.29) is 0 Å². The Morgan fingerprint density at radius 1 is 1.16 bits per heavy atom. The third-order valence-corrected chi connectivity index (χ3v) is 3.74. The minimum Gasteiger partial charge on any atom is -0.490 e. The van der Waals surface area contributed by atoms with Crippen LogP contribution in [0.2, 0.25) is 0 Å². The molecule has 0 atom stereocenters. The van der Waals surface area contributed by atoms with Gasteiger partial charge in [-0.25, -0.2) is 0 Å². The molecule has 0 spiro atoms. The molecule has 19 heavy (non-hydrogen) atoms. The summed E-state index contributed by atoms with van der Waals surface area (Å²) in [5.41, 5.74) is 0.950. The molecule has 2 aromatic rings. The lowest BCUT2D eigenvalue weighted by Gasteiger charge is -2.13. The molecule has 1 saturated carbocycles. The van der Waals surface area contributed by atoms with Crippen LogP contribution in [0.4, 0.5) is 0 Å². The largest absolute Gasteiger partial charge is 0.490 e. The van der Waals surface area contributed by atoms with Crippen LogP contribution in [-0.4, -0.2) is 24.2 Å². The first kappa shape index (κ1) is 12.4. The van der Waals surface area contributed by atoms with Gasteiger partial charge in [0.25, 0.3) is 0 Å². The molecule has 3 rings (SSSR count). The summed E-state index contributed by atoms with van der Waals surface area (Å²) in [5, 5.41) is 4.68. The molecule has 3 heteroatoms. The van der Waals surface area contributed by atoms with Gasteiger partial charge in [-0.2, -0.15) is 0 Å². The number of rotatable bonds is 5. The lowest BCUT2D eigenvalue weighted by molar-refractivity contribution is 0.308. The molecule has 0 unspecified atom stereocenters. The van der Waals surface area contributed by atoms with Crippen molar-refractivity contribution in [2.24, 2.45) is 0 Å². The first-order chi connectivity index (χ1) is 9.43. The van der Waals surface area contributed by atoms with Gasteiger partial charge in [0, 0.05) is 24.2 Å². The van der Waals surface area contributed by atoms with Crippen LogP contribution in [0.25, 0.3) is 10.9 Å². The molecular formula is C16H20N2O. The number of fused-ring (bicyclic) bond motifs is 1. The number of nitrogens with one attached hydrogen (secondary N) is 1. The minimum atomic E-state index is 0.701. The van der Waals surface area contributed by atoms with E-state index in [2.05, 4.69) is 22.4 Å². The molecule has 0 saturated heterocycles. The van der Waals surface area contributed by atoms with E-state index in [1.54, 1.807) is 0 Å². The predicted octanol–water partition coefficient (Wildman–Crippen LogP) is 3.15. The van der Waals surface area contributed by atoms with Gasteiger partial charge in [0.2, 0.25) is 0 Å². The topological polar surface area (TPSA) is 34.1 Å². The summed E-state index contributed by atoms with van der Waals surface area (Å²) in [6, 6.07) is 10.8. The molecule has 3 nitrogen and oxygen atoms in total. The molecule has 0 amide bonds. The van der Waals surface area contributed by atoms with Gasteiger partial charge in [0.15, 0.2) is 0 Å². The highest BCUT2D eigenvalue weighted by Crippen LogP contribution is 2.22. The summed E-state index contributed by atoms with van der Waals surface area (Å²) in [6.07, 6.45) is 7.18. The summed E-state index contributed by atoms with van der Waals surface area (Å²) in [5.74, 6) is 0.881. The van der Waals surface area contributed by atoms with E-state index in [0.717, 1.165) is 23.2 Å². The zero-order chi connectivity index (χ0) is 12.9. The number of nitrogens with zero attached hydrogens (tertiary/aromatic N) is 1. The monoisotopic (exact) mass is 256 g/mol. The zero-order valence-corrected chi connectivity index (χ0v) is 11.1. The normalized spacial score (nSPS) is 16.0. The van der Waals surface area contributed by atoms with Crippen LogP contribution in [0, 0.1) is 0 Å². The van der Waals surface area contributed by atoms with Gasteiger partial charge < -0.3 is 10.1 Å². The number of pyridine rings is 1. The molecule has 1 aromatic carbocycles. The molecule has 1 N–H and O–H groups in total. The minimum absolute atomic E-state index is 0.701. The number of hydrogen-bond donors (Lipinski definition) is 1. The van der Waals surface area contributed by atoms with Crippen LogP contribution >= 0.6 is 0 Å². The SMILES string of the molecule is c1cnc2c(OCCNC3CCCC3)cccc2c1. The number of para-hydroxylation sites is 1. The Bertz CT molecular complexity index is 530. The van der Waals surface area contributed by atoms with E-state index in [0.29, 0.717) is 12.6 Å². The average Bonchev–Trinajstić information content (AvgIpc) is 2.97. The van der Waals surface area contributed by atoms with E-state index in [1.807, 2.05) is 24.4 Å². The van der Waals surface area contributed by atoms with Crippen molar-refractivity contribution in [3.63, 3.8) is 0 Å². The van der Waals surface area contributed by atoms with E-state index in [1.165, 1.54) is 25.7 Å². The van der Waals surface area contributed by atoms with Crippen molar-refractivity contribution in [2.75, 3.05) is 13.2 Å². The fourth-order valence-electron chi connectivity index (χ4n) is 2.75. The molecule has 1 aromatic heterocycles. The van der Waals surface area contributed by atoms with Crippen molar-refractivity contribution in [2.45, 2.75) is 31.7 Å². The van der Waals surface area contributed by atoms with Crippen LogP contribution in [0.15, 0.2) is 36.5 Å². The van der Waals surface area contributed by atoms with Crippen molar-refractivity contribution in [1.82, 2.24) is 10.3 Å². The van der Waals surface area contributed by atoms with Crippen LogP contribution in [0.5, 0.6) is 5.75 Å². The van der Waals surface area contributed by atoms with Crippen LogP contribution < -0.4 is 10.1 Å². The maximum Gasteiger partial charge on any atom is 0.145 e. The molecule has 0 radical (unpaired) electrons. The van der Waals surface area contributed by atoms with Gasteiger partial charge in [-0.05, 0) is 25.0 Å². The van der Waals surface area contributed by atoms with Crippen molar-refractivity contribution >= 4 is 10.9 Å². The number of ether oxygens (including phenoxy) is 1. The fourth-order valence-corrected chi connectivity index (χ4v) is 2.75. The third-order valence-electron chi connectivity index (χ3n) is 3.74. The maximum absolute atomic E-state index is 5.85. The second kappa shape index (κ2) is 6.02. The van der Waals surface area contributed by atoms with Crippen LogP contribution in [-0.2, 0) is 0 Å². The Morgan fingerprint density at radius 3 is 2.89 bits per heavy atom. The second-order valence-corrected chi connectivity index (χ2v) is 5.12. The molecule has 0 bridgehead atoms. The average molecular weight is 256 g/mol. The fraction of sp³-hybridized carbons (Fsp3) is 0.438. The summed E-state index contributed by atoms with van der Waals surface area (Å²) >= 11 is 0. The maximum atomic E-state index is 5.85. The van der Waals surface area contributed by atoms with Crippen molar-refractivity contribution in [1.29, 1.82) is 0 Å². The summed E-state index contributed by atoms with van der Waals surface area (Å²) in [4.78, 5) is 4.39. The first-order valence-corrected chi connectivity index (χ1v) is 7.13. The lowest BCUT2D eigenvalue weighted by atomic mass is 10.2. The number of aromatic nitrogens is 1. The zero-order valence-electron chi connectivity index (χ0n) is 11.1. The van der Waals surface area contributed by atoms with E-state index < -0.39 is 0 Å². The standard InChI is InChI=1S/C16H20N2O/c1-2-8-14(7-1)17-11-12-19-15-9-3-5-13-6-4-10-18-16(13)15/h3-6,9-10,14,17H,1-2,7-8,11-12H2. The molecule has 1 heterocycles. The van der Waals surface area contributed by atoms with Crippen molar-refractivity contribution in [3.8, 4) is 5.75 Å². The van der Waals surface area contributed by atoms with Crippen LogP contribution in [0.3, 0.4) is 0 Å². The lowest BCUT2D eigenvalue weighted by Crippen LogP contribution is -2.30. The molecule has 1 aliphatic rings. The molecule has 1 aliphatic carbocycles. The van der Waals surface area contributed by atoms with Gasteiger partial charge in [0.05, 0.1) is 0 Å².